The summed E-state index contributed by atoms with van der Waals surface area (Å²) in [7, 11) is -0.676. The van der Waals surface area contributed by atoms with E-state index >= 15 is 0 Å². The number of halogens is 2. The minimum absolute atomic E-state index is 0. The molecule has 0 aliphatic heterocycles. The summed E-state index contributed by atoms with van der Waals surface area (Å²) in [6, 6.07) is 10.9. The topological polar surface area (TPSA) is 0 Å². The van der Waals surface area contributed by atoms with Gasteiger partial charge in [0.05, 0.1) is 0 Å². The Morgan fingerprint density at radius 1 is 0.828 bits per heavy atom. The van der Waals surface area contributed by atoms with Crippen LogP contribution in [-0.4, -0.2) is 9.98 Å². The van der Waals surface area contributed by atoms with Crippen molar-refractivity contribution in [3.63, 3.8) is 0 Å². The summed E-state index contributed by atoms with van der Waals surface area (Å²) in [6.45, 7) is 0. The summed E-state index contributed by atoms with van der Waals surface area (Å²) in [5, 5.41) is 0. The van der Waals surface area contributed by atoms with Gasteiger partial charge in [0.25, 0.3) is 0 Å². The zero-order valence-electron chi connectivity index (χ0n) is 17.2. The second kappa shape index (κ2) is 14.8. The van der Waals surface area contributed by atoms with Gasteiger partial charge >= 0.3 is 72.1 Å². The van der Waals surface area contributed by atoms with Gasteiger partial charge in [-0.1, -0.05) is 12.8 Å². The van der Waals surface area contributed by atoms with E-state index in [1.807, 2.05) is 0 Å². The zero-order chi connectivity index (χ0) is 18.9. The molecule has 5 rings (SSSR count). The first-order valence-corrected chi connectivity index (χ1v) is 20.8. The van der Waals surface area contributed by atoms with Gasteiger partial charge in [0, 0.05) is 0 Å². The minimum atomic E-state index is -0.676. The number of hydrogen-bond acceptors (Lipinski definition) is 0. The molecule has 4 heteroatoms. The van der Waals surface area contributed by atoms with Gasteiger partial charge in [0.2, 0.25) is 0 Å². The van der Waals surface area contributed by atoms with Crippen LogP contribution >= 0.6 is 0 Å². The molecule has 29 heavy (non-hydrogen) atoms. The number of fused-ring (bicyclic) bond motifs is 2. The smallest absolute Gasteiger partial charge is 1.00 e. The predicted octanol–water partition coefficient (Wildman–Crippen LogP) is 0.0437. The average Bonchev–Trinajstić information content (AvgIpc) is 3.39. The quantitative estimate of drug-likeness (QED) is 0.334. The van der Waals surface area contributed by atoms with Crippen LogP contribution in [0.4, 0.5) is 0 Å². The third-order valence-corrected chi connectivity index (χ3v) is 11.8. The van der Waals surface area contributed by atoms with E-state index in [9.17, 15) is 0 Å². The molecule has 4 aliphatic carbocycles. The van der Waals surface area contributed by atoms with Crippen LogP contribution in [0, 0.1) is 24.7 Å². The number of hydrogen-bond donors (Lipinski definition) is 0. The van der Waals surface area contributed by atoms with Crippen molar-refractivity contribution in [1.29, 1.82) is 0 Å². The maximum Gasteiger partial charge on any atom is -1.00 e. The van der Waals surface area contributed by atoms with Crippen LogP contribution in [0.15, 0.2) is 77.9 Å². The second-order valence-corrected chi connectivity index (χ2v) is 21.0. The van der Waals surface area contributed by atoms with Crippen LogP contribution in [0.5, 0.6) is 0 Å². The largest absolute Gasteiger partial charge is 1.00 e. The summed E-state index contributed by atoms with van der Waals surface area (Å²) in [5.41, 5.74) is 3.16. The molecule has 0 amide bonds. The van der Waals surface area contributed by atoms with Gasteiger partial charge in [-0.05, 0) is 24.7 Å². The van der Waals surface area contributed by atoms with Crippen molar-refractivity contribution < 1.29 is 46.4 Å². The summed E-state index contributed by atoms with van der Waals surface area (Å²) in [4.78, 5) is 0. The van der Waals surface area contributed by atoms with Gasteiger partial charge in [0.1, 0.15) is 0 Å². The number of rotatable bonds is 1. The Morgan fingerprint density at radius 3 is 1.69 bits per heavy atom. The van der Waals surface area contributed by atoms with Gasteiger partial charge < -0.3 is 24.8 Å². The first-order valence-electron chi connectivity index (χ1n) is 10.2. The SMILES string of the molecule is C1=CCC2CC[CH-]C2=C1.C1=CCC2CC[CH-]C2=C1.[CH3][Ge](=[Zr+2])[c]1ccccc1.[Cl-].[Cl-]. The maximum atomic E-state index is 2.41. The number of benzene rings is 1. The van der Waals surface area contributed by atoms with E-state index in [-0.39, 0.29) is 24.8 Å². The van der Waals surface area contributed by atoms with Gasteiger partial charge in [-0.15, -0.1) is 37.1 Å². The normalized spacial score (nSPS) is 22.2. The molecule has 0 nitrogen and oxygen atoms in total. The molecule has 0 N–H and O–H groups in total. The van der Waals surface area contributed by atoms with Crippen LogP contribution in [0.1, 0.15) is 38.5 Å². The van der Waals surface area contributed by atoms with Crippen molar-refractivity contribution in [3.8, 4) is 0 Å². The molecule has 2 saturated carbocycles. The van der Waals surface area contributed by atoms with Crippen molar-refractivity contribution in [2.75, 3.05) is 0 Å². The molecule has 2 fully saturated rings. The Kier molecular flexibility index (Phi) is 13.8. The molecule has 2 unspecified atom stereocenters. The maximum absolute atomic E-state index is 2.41. The first kappa shape index (κ1) is 27.0. The fraction of sp³-hybridized carbons (Fsp3) is 0.360. The Hall–Kier alpha value is -0.0740. The molecule has 1 aromatic rings. The molecule has 0 heterocycles. The average molecular weight is 565 g/mol. The molecule has 4 aliphatic rings. The van der Waals surface area contributed by atoms with Gasteiger partial charge in [0.15, 0.2) is 0 Å². The zero-order valence-corrected chi connectivity index (χ0v) is 23.2. The summed E-state index contributed by atoms with van der Waals surface area (Å²) >= 11 is 1.76. The van der Waals surface area contributed by atoms with Crippen LogP contribution in [-0.2, 0) is 21.6 Å². The molecule has 0 aromatic heterocycles. The minimum Gasteiger partial charge on any atom is -1.00 e. The summed E-state index contributed by atoms with van der Waals surface area (Å²) in [6.07, 6.45) is 26.1. The Balaban J connectivity index is 0.000000210. The van der Waals surface area contributed by atoms with Crippen molar-refractivity contribution in [2.24, 2.45) is 11.8 Å². The molecule has 0 saturated heterocycles. The van der Waals surface area contributed by atoms with Gasteiger partial charge in [-0.2, -0.15) is 0 Å². The summed E-state index contributed by atoms with van der Waals surface area (Å²) in [5.74, 6) is 4.18. The standard InChI is InChI=1S/2C9H11.C7H8Ge.2ClH.Zr/c2*1-2-5-9-7-3-6-8(9)4-1;1-8-7-5-3-2-4-6-7;;;/h2*1-2,4,6,9H,3,5,7H2;2-6H,1H3;2*1H;/q2*-1;;;;+2/p-2. The van der Waals surface area contributed by atoms with E-state index in [0.717, 1.165) is 11.8 Å². The number of allylic oxidation sites excluding steroid dienone is 8. The molecular weight excluding hydrogens is 535 g/mol. The molecule has 2 atom stereocenters. The van der Waals surface area contributed by atoms with Crippen molar-refractivity contribution in [2.45, 2.75) is 44.3 Å². The Bertz CT molecular complexity index is 709. The van der Waals surface area contributed by atoms with E-state index in [1.165, 1.54) is 38.5 Å². The van der Waals surface area contributed by atoms with Crippen LogP contribution in [0.25, 0.3) is 0 Å². The predicted molar refractivity (Wildman–Crippen MR) is 115 cm³/mol. The van der Waals surface area contributed by atoms with E-state index in [0.29, 0.717) is 0 Å². The molecule has 154 valence electrons. The molecule has 0 bridgehead atoms. The van der Waals surface area contributed by atoms with Gasteiger partial charge in [-0.3, -0.25) is 0 Å². The van der Waals surface area contributed by atoms with Crippen molar-refractivity contribution >= 4 is 14.4 Å². The van der Waals surface area contributed by atoms with Crippen LogP contribution < -0.4 is 29.2 Å². The van der Waals surface area contributed by atoms with E-state index in [1.54, 1.807) is 37.1 Å². The first-order chi connectivity index (χ1) is 13.2. The van der Waals surface area contributed by atoms with Crippen LogP contribution in [0.2, 0.25) is 5.76 Å². The molecule has 0 spiro atoms. The van der Waals surface area contributed by atoms with E-state index < -0.39 is 9.98 Å². The van der Waals surface area contributed by atoms with Gasteiger partial charge in [-0.25, -0.2) is 36.1 Å². The third-order valence-electron chi connectivity index (χ3n) is 5.63. The van der Waals surface area contributed by atoms with Crippen LogP contribution in [0.3, 0.4) is 0 Å². The van der Waals surface area contributed by atoms with E-state index in [2.05, 4.69) is 85.4 Å². The second-order valence-electron chi connectivity index (χ2n) is 7.61. The Morgan fingerprint density at radius 2 is 1.31 bits per heavy atom. The molecule has 0 radical (unpaired) electrons. The third kappa shape index (κ3) is 8.90. The molecule has 1 aromatic carbocycles. The van der Waals surface area contributed by atoms with E-state index in [4.69, 9.17) is 0 Å². The van der Waals surface area contributed by atoms with Crippen molar-refractivity contribution in [1.82, 2.24) is 0 Å². The summed E-state index contributed by atoms with van der Waals surface area (Å²) < 4.78 is 1.62. The Labute approximate surface area is 206 Å². The van der Waals surface area contributed by atoms with Crippen molar-refractivity contribution in [3.05, 3.63) is 90.8 Å². The fourth-order valence-electron chi connectivity index (χ4n) is 4.02. The molecular formula is C25H30Cl2GeZr-2. The fourth-order valence-corrected chi connectivity index (χ4v) is 7.60. The monoisotopic (exact) mass is 564 g/mol.